The van der Waals surface area contributed by atoms with E-state index >= 15 is 0 Å². The summed E-state index contributed by atoms with van der Waals surface area (Å²) in [7, 11) is 1.97. The number of hydrogen-bond acceptors (Lipinski definition) is 2. The molecule has 1 aromatic heterocycles. The van der Waals surface area contributed by atoms with E-state index in [2.05, 4.69) is 4.98 Å². The molecular formula is C8H11N3S. The van der Waals surface area contributed by atoms with Gasteiger partial charge < -0.3 is 10.3 Å². The average molecular weight is 181 g/mol. The van der Waals surface area contributed by atoms with Crippen molar-refractivity contribution in [3.05, 3.63) is 18.2 Å². The Morgan fingerprint density at radius 1 is 1.75 bits per heavy atom. The fraction of sp³-hybridized carbons (Fsp3) is 0.500. The number of aromatic nitrogens is 2. The van der Waals surface area contributed by atoms with Crippen molar-refractivity contribution in [1.82, 2.24) is 9.55 Å². The lowest BCUT2D eigenvalue weighted by Gasteiger charge is -2.12. The van der Waals surface area contributed by atoms with Crippen LogP contribution in [0, 0.1) is 0 Å². The summed E-state index contributed by atoms with van der Waals surface area (Å²) in [4.78, 5) is 4.85. The van der Waals surface area contributed by atoms with Crippen molar-refractivity contribution in [2.75, 3.05) is 0 Å². The molecule has 64 valence electrons. The Morgan fingerprint density at radius 2 is 2.42 bits per heavy atom. The number of nitrogens with two attached hydrogens (primary N) is 1. The molecule has 1 saturated carbocycles. The molecule has 12 heavy (non-hydrogen) atoms. The van der Waals surface area contributed by atoms with Crippen LogP contribution >= 0.6 is 12.2 Å². The summed E-state index contributed by atoms with van der Waals surface area (Å²) in [5, 5.41) is 0. The Labute approximate surface area is 76.6 Å². The fourth-order valence-corrected chi connectivity index (χ4v) is 1.83. The van der Waals surface area contributed by atoms with Gasteiger partial charge in [-0.1, -0.05) is 12.2 Å². The van der Waals surface area contributed by atoms with Crippen molar-refractivity contribution in [3.8, 4) is 0 Å². The summed E-state index contributed by atoms with van der Waals surface area (Å²) in [5.74, 6) is 1.01. The Bertz CT molecular complexity index is 325. The predicted molar refractivity (Wildman–Crippen MR) is 50.9 cm³/mol. The molecule has 0 bridgehead atoms. The van der Waals surface area contributed by atoms with Gasteiger partial charge in [-0.15, -0.1) is 0 Å². The summed E-state index contributed by atoms with van der Waals surface area (Å²) in [6.07, 6.45) is 5.81. The van der Waals surface area contributed by atoms with E-state index in [1.54, 1.807) is 6.20 Å². The molecule has 3 nitrogen and oxygen atoms in total. The number of thiocarbonyl (C=S) groups is 1. The van der Waals surface area contributed by atoms with Crippen LogP contribution in [-0.4, -0.2) is 14.5 Å². The Balaban J connectivity index is 2.43. The van der Waals surface area contributed by atoms with Crippen LogP contribution in [0.4, 0.5) is 0 Å². The quantitative estimate of drug-likeness (QED) is 0.684. The minimum atomic E-state index is -0.0758. The molecule has 0 amide bonds. The van der Waals surface area contributed by atoms with E-state index in [0.717, 1.165) is 18.7 Å². The summed E-state index contributed by atoms with van der Waals surface area (Å²) in [6, 6.07) is 0. The Morgan fingerprint density at radius 3 is 2.75 bits per heavy atom. The molecule has 1 fully saturated rings. The third kappa shape index (κ3) is 0.876. The van der Waals surface area contributed by atoms with Crippen LogP contribution in [0.3, 0.4) is 0 Å². The van der Waals surface area contributed by atoms with E-state index in [-0.39, 0.29) is 5.41 Å². The van der Waals surface area contributed by atoms with Crippen LogP contribution in [0.5, 0.6) is 0 Å². The minimum Gasteiger partial charge on any atom is -0.392 e. The second kappa shape index (κ2) is 2.29. The van der Waals surface area contributed by atoms with Crippen molar-refractivity contribution < 1.29 is 0 Å². The monoisotopic (exact) mass is 181 g/mol. The zero-order chi connectivity index (χ0) is 8.77. The fourth-order valence-electron chi connectivity index (χ4n) is 1.53. The predicted octanol–water partition coefficient (Wildman–Crippen LogP) is 0.738. The number of aryl methyl sites for hydroxylation is 1. The van der Waals surface area contributed by atoms with Crippen LogP contribution in [0.25, 0.3) is 0 Å². The molecule has 1 aliphatic carbocycles. The molecule has 2 rings (SSSR count). The molecule has 0 aromatic carbocycles. The molecule has 0 atom stereocenters. The van der Waals surface area contributed by atoms with Crippen molar-refractivity contribution in [2.45, 2.75) is 18.3 Å². The van der Waals surface area contributed by atoms with Crippen molar-refractivity contribution in [2.24, 2.45) is 12.8 Å². The highest BCUT2D eigenvalue weighted by Crippen LogP contribution is 2.47. The Hall–Kier alpha value is -0.900. The highest BCUT2D eigenvalue weighted by Gasteiger charge is 2.50. The van der Waals surface area contributed by atoms with Gasteiger partial charge in [0.15, 0.2) is 0 Å². The van der Waals surface area contributed by atoms with Gasteiger partial charge in [0, 0.05) is 19.4 Å². The molecule has 0 unspecified atom stereocenters. The maximum Gasteiger partial charge on any atom is 0.121 e. The molecule has 0 aliphatic heterocycles. The van der Waals surface area contributed by atoms with E-state index in [1.165, 1.54) is 0 Å². The first-order valence-electron chi connectivity index (χ1n) is 3.94. The third-order valence-electron chi connectivity index (χ3n) is 2.47. The second-order valence-electron chi connectivity index (χ2n) is 3.31. The zero-order valence-corrected chi connectivity index (χ0v) is 7.77. The highest BCUT2D eigenvalue weighted by molar-refractivity contribution is 7.80. The molecule has 4 heteroatoms. The first-order valence-corrected chi connectivity index (χ1v) is 4.35. The molecule has 0 radical (unpaired) electrons. The summed E-state index contributed by atoms with van der Waals surface area (Å²) >= 11 is 5.03. The van der Waals surface area contributed by atoms with Gasteiger partial charge in [-0.3, -0.25) is 0 Å². The lowest BCUT2D eigenvalue weighted by atomic mass is 10.1. The third-order valence-corrected chi connectivity index (χ3v) is 2.86. The van der Waals surface area contributed by atoms with Gasteiger partial charge in [-0.2, -0.15) is 0 Å². The maximum atomic E-state index is 5.67. The van der Waals surface area contributed by atoms with Crippen LogP contribution in [0.1, 0.15) is 18.7 Å². The van der Waals surface area contributed by atoms with E-state index in [4.69, 9.17) is 18.0 Å². The second-order valence-corrected chi connectivity index (χ2v) is 3.75. The summed E-state index contributed by atoms with van der Waals surface area (Å²) in [6.45, 7) is 0. The van der Waals surface area contributed by atoms with Gasteiger partial charge in [0.05, 0.1) is 10.4 Å². The zero-order valence-electron chi connectivity index (χ0n) is 6.95. The molecule has 2 N–H and O–H groups in total. The number of imidazole rings is 1. The average Bonchev–Trinajstić information content (AvgIpc) is 2.71. The van der Waals surface area contributed by atoms with E-state index in [9.17, 15) is 0 Å². The summed E-state index contributed by atoms with van der Waals surface area (Å²) in [5.41, 5.74) is 5.60. The van der Waals surface area contributed by atoms with Gasteiger partial charge in [0.25, 0.3) is 0 Å². The normalized spacial score (nSPS) is 19.1. The lowest BCUT2D eigenvalue weighted by molar-refractivity contribution is 0.742. The first kappa shape index (κ1) is 7.73. The van der Waals surface area contributed by atoms with Crippen molar-refractivity contribution >= 4 is 17.2 Å². The van der Waals surface area contributed by atoms with Gasteiger partial charge >= 0.3 is 0 Å². The SMILES string of the molecule is Cn1ccnc1C1(C(N)=S)CC1. The molecule has 1 aromatic rings. The summed E-state index contributed by atoms with van der Waals surface area (Å²) < 4.78 is 1.99. The largest absolute Gasteiger partial charge is 0.392 e. The Kier molecular flexibility index (Phi) is 1.48. The number of hydrogen-bond donors (Lipinski definition) is 1. The number of nitrogens with zero attached hydrogens (tertiary/aromatic N) is 2. The van der Waals surface area contributed by atoms with Crippen LogP contribution in [-0.2, 0) is 12.5 Å². The van der Waals surface area contributed by atoms with Gasteiger partial charge in [0.1, 0.15) is 5.82 Å². The molecule has 0 spiro atoms. The van der Waals surface area contributed by atoms with Gasteiger partial charge in [-0.25, -0.2) is 4.98 Å². The highest BCUT2D eigenvalue weighted by atomic mass is 32.1. The van der Waals surface area contributed by atoms with Crippen LogP contribution in [0.15, 0.2) is 12.4 Å². The molecule has 1 aliphatic rings. The van der Waals surface area contributed by atoms with Crippen LogP contribution in [0.2, 0.25) is 0 Å². The number of rotatable bonds is 2. The van der Waals surface area contributed by atoms with Gasteiger partial charge in [-0.05, 0) is 12.8 Å². The standard InChI is InChI=1S/C8H11N3S/c1-11-5-4-10-7(11)8(2-3-8)6(9)12/h4-5H,2-3H2,1H3,(H2,9,12). The van der Waals surface area contributed by atoms with Crippen molar-refractivity contribution in [3.63, 3.8) is 0 Å². The first-order chi connectivity index (χ1) is 5.67. The molecule has 1 heterocycles. The van der Waals surface area contributed by atoms with E-state index in [1.807, 2.05) is 17.8 Å². The topological polar surface area (TPSA) is 43.8 Å². The van der Waals surface area contributed by atoms with Gasteiger partial charge in [0.2, 0.25) is 0 Å². The maximum absolute atomic E-state index is 5.67. The smallest absolute Gasteiger partial charge is 0.121 e. The minimum absolute atomic E-state index is 0.0758. The van der Waals surface area contributed by atoms with Crippen LogP contribution < -0.4 is 5.73 Å². The molecular weight excluding hydrogens is 170 g/mol. The van der Waals surface area contributed by atoms with Crippen molar-refractivity contribution in [1.29, 1.82) is 0 Å². The van der Waals surface area contributed by atoms with E-state index in [0.29, 0.717) is 4.99 Å². The van der Waals surface area contributed by atoms with E-state index < -0.39 is 0 Å². The molecule has 0 saturated heterocycles. The lowest BCUT2D eigenvalue weighted by Crippen LogP contribution is -2.29.